The number of primary amides is 1. The highest BCUT2D eigenvalue weighted by Gasteiger charge is 2.35. The van der Waals surface area contributed by atoms with Crippen LogP contribution in [-0.4, -0.2) is 29.2 Å². The van der Waals surface area contributed by atoms with Gasteiger partial charge in [-0.1, -0.05) is 36.4 Å². The number of hydrogen-bond acceptors (Lipinski definition) is 5. The van der Waals surface area contributed by atoms with E-state index < -0.39 is 29.7 Å². The van der Waals surface area contributed by atoms with E-state index >= 15 is 0 Å². The quantitative estimate of drug-likeness (QED) is 0.237. The number of alkyl halides is 3. The van der Waals surface area contributed by atoms with Crippen molar-refractivity contribution >= 4 is 29.1 Å². The van der Waals surface area contributed by atoms with Crippen molar-refractivity contribution in [3.63, 3.8) is 0 Å². The molecule has 0 spiro atoms. The monoisotopic (exact) mass is 564 g/mol. The van der Waals surface area contributed by atoms with Crippen LogP contribution in [0.15, 0.2) is 83.6 Å². The van der Waals surface area contributed by atoms with Crippen molar-refractivity contribution in [3.8, 4) is 16.9 Å². The fourth-order valence-electron chi connectivity index (χ4n) is 4.83. The number of amides is 2. The Morgan fingerprint density at radius 1 is 1.00 bits per heavy atom. The first-order valence-electron chi connectivity index (χ1n) is 12.3. The average molecular weight is 565 g/mol. The summed E-state index contributed by atoms with van der Waals surface area (Å²) in [5.74, 6) is -1.32. The van der Waals surface area contributed by atoms with Crippen LogP contribution in [0.25, 0.3) is 11.1 Å². The standard InChI is InChI=1S/C30H23F3N2O4S/c31-30(32,33)21-7-5-19(6-8-21)23-3-1-2-4-25(23)29(38)39-22-9-10-24-20(16-22)11-13-35(27(24)28(34)37)26(36)15-18-12-14-40-17-18/h1-10,12,14,16-17,27H,11,13,15H2,(H2,34,37). The summed E-state index contributed by atoms with van der Waals surface area (Å²) in [5.41, 5.74) is 8.12. The molecule has 1 aliphatic rings. The number of carbonyl (C=O) groups excluding carboxylic acids is 3. The minimum Gasteiger partial charge on any atom is -0.423 e. The predicted molar refractivity (Wildman–Crippen MR) is 144 cm³/mol. The lowest BCUT2D eigenvalue weighted by Gasteiger charge is -2.35. The van der Waals surface area contributed by atoms with Gasteiger partial charge >= 0.3 is 12.1 Å². The van der Waals surface area contributed by atoms with Crippen LogP contribution in [0.3, 0.4) is 0 Å². The molecular formula is C30H23F3N2O4S. The minimum atomic E-state index is -4.47. The average Bonchev–Trinajstić information content (AvgIpc) is 3.44. The summed E-state index contributed by atoms with van der Waals surface area (Å²) in [6.45, 7) is 0.276. The zero-order valence-electron chi connectivity index (χ0n) is 21.0. The molecule has 0 saturated heterocycles. The third-order valence-corrected chi connectivity index (χ3v) is 7.48. The number of fused-ring (bicyclic) bond motifs is 1. The Hall–Kier alpha value is -4.44. The Morgan fingerprint density at radius 2 is 1.75 bits per heavy atom. The van der Waals surface area contributed by atoms with E-state index in [2.05, 4.69) is 0 Å². The molecule has 2 heterocycles. The molecule has 0 fully saturated rings. The molecule has 5 rings (SSSR count). The molecule has 0 aliphatic carbocycles. The van der Waals surface area contributed by atoms with E-state index in [9.17, 15) is 27.6 Å². The van der Waals surface area contributed by atoms with E-state index in [1.54, 1.807) is 30.3 Å². The predicted octanol–water partition coefficient (Wildman–Crippen LogP) is 5.81. The third-order valence-electron chi connectivity index (χ3n) is 6.75. The first-order valence-corrected chi connectivity index (χ1v) is 13.3. The van der Waals surface area contributed by atoms with Crippen molar-refractivity contribution in [1.29, 1.82) is 0 Å². The van der Waals surface area contributed by atoms with Gasteiger partial charge in [0.2, 0.25) is 11.8 Å². The summed E-state index contributed by atoms with van der Waals surface area (Å²) >= 11 is 1.48. The fraction of sp³-hybridized carbons (Fsp3) is 0.167. The van der Waals surface area contributed by atoms with Gasteiger partial charge in [0.05, 0.1) is 17.5 Å². The molecule has 1 unspecified atom stereocenters. The summed E-state index contributed by atoms with van der Waals surface area (Å²) in [6.07, 6.45) is -3.87. The van der Waals surface area contributed by atoms with Gasteiger partial charge in [-0.2, -0.15) is 24.5 Å². The second-order valence-electron chi connectivity index (χ2n) is 9.32. The maximum Gasteiger partial charge on any atom is 0.416 e. The van der Waals surface area contributed by atoms with E-state index in [0.29, 0.717) is 23.1 Å². The second kappa shape index (κ2) is 11.0. The zero-order chi connectivity index (χ0) is 28.4. The van der Waals surface area contributed by atoms with Gasteiger partial charge in [0, 0.05) is 6.54 Å². The zero-order valence-corrected chi connectivity index (χ0v) is 21.8. The Labute approximate surface area is 231 Å². The normalized spacial score (nSPS) is 14.9. The first kappa shape index (κ1) is 27.1. The molecule has 1 aromatic heterocycles. The number of nitrogens with two attached hydrogens (primary N) is 1. The highest BCUT2D eigenvalue weighted by atomic mass is 32.1. The van der Waals surface area contributed by atoms with Crippen molar-refractivity contribution in [2.45, 2.75) is 25.1 Å². The Kier molecular flexibility index (Phi) is 7.44. The molecule has 6 nitrogen and oxygen atoms in total. The minimum absolute atomic E-state index is 0.163. The number of ether oxygens (including phenoxy) is 1. The summed E-state index contributed by atoms with van der Waals surface area (Å²) in [6, 6.07) is 16.7. The Morgan fingerprint density at radius 3 is 2.42 bits per heavy atom. The molecule has 204 valence electrons. The van der Waals surface area contributed by atoms with Gasteiger partial charge in [-0.3, -0.25) is 9.59 Å². The molecule has 2 amide bonds. The third kappa shape index (κ3) is 5.62. The van der Waals surface area contributed by atoms with Crippen molar-refractivity contribution in [1.82, 2.24) is 4.90 Å². The summed E-state index contributed by atoms with van der Waals surface area (Å²) < 4.78 is 44.6. The van der Waals surface area contributed by atoms with Crippen LogP contribution < -0.4 is 10.5 Å². The van der Waals surface area contributed by atoms with Crippen molar-refractivity contribution < 1.29 is 32.3 Å². The van der Waals surface area contributed by atoms with Gasteiger partial charge in [-0.05, 0) is 81.4 Å². The van der Waals surface area contributed by atoms with E-state index in [-0.39, 0.29) is 30.2 Å². The molecule has 0 radical (unpaired) electrons. The fourth-order valence-corrected chi connectivity index (χ4v) is 5.49. The number of carbonyl (C=O) groups is 3. The summed E-state index contributed by atoms with van der Waals surface area (Å²) in [7, 11) is 0. The Bertz CT molecular complexity index is 1570. The van der Waals surface area contributed by atoms with Gasteiger partial charge in [-0.25, -0.2) is 4.79 Å². The number of nitrogens with zero attached hydrogens (tertiary/aromatic N) is 1. The first-order chi connectivity index (χ1) is 19.1. The van der Waals surface area contributed by atoms with Gasteiger partial charge in [-0.15, -0.1) is 0 Å². The lowest BCUT2D eigenvalue weighted by atomic mass is 9.91. The number of rotatable bonds is 6. The lowest BCUT2D eigenvalue weighted by Crippen LogP contribution is -2.46. The smallest absolute Gasteiger partial charge is 0.416 e. The Balaban J connectivity index is 1.36. The van der Waals surface area contributed by atoms with E-state index in [0.717, 1.165) is 23.3 Å². The number of thiophene rings is 1. The molecular weight excluding hydrogens is 541 g/mol. The van der Waals surface area contributed by atoms with Gasteiger partial charge < -0.3 is 15.4 Å². The molecule has 10 heteroatoms. The van der Waals surface area contributed by atoms with Crippen molar-refractivity contribution in [3.05, 3.63) is 111 Å². The van der Waals surface area contributed by atoms with E-state index in [1.165, 1.54) is 40.5 Å². The molecule has 3 aromatic carbocycles. The summed E-state index contributed by atoms with van der Waals surface area (Å²) in [5, 5.41) is 3.76. The second-order valence-corrected chi connectivity index (χ2v) is 10.1. The molecule has 0 bridgehead atoms. The lowest BCUT2D eigenvalue weighted by molar-refractivity contribution is -0.139. The highest BCUT2D eigenvalue weighted by molar-refractivity contribution is 7.08. The van der Waals surface area contributed by atoms with Crippen LogP contribution >= 0.6 is 11.3 Å². The van der Waals surface area contributed by atoms with E-state index in [4.69, 9.17) is 10.5 Å². The van der Waals surface area contributed by atoms with Crippen molar-refractivity contribution in [2.75, 3.05) is 6.54 Å². The maximum absolute atomic E-state index is 13.1. The van der Waals surface area contributed by atoms with Crippen LogP contribution in [0.1, 0.15) is 38.7 Å². The van der Waals surface area contributed by atoms with Gasteiger partial charge in [0.25, 0.3) is 0 Å². The number of halogens is 3. The number of benzene rings is 3. The van der Waals surface area contributed by atoms with Crippen LogP contribution in [0.2, 0.25) is 0 Å². The molecule has 1 atom stereocenters. The number of esters is 1. The molecule has 4 aromatic rings. The van der Waals surface area contributed by atoms with Crippen LogP contribution in [0, 0.1) is 0 Å². The largest absolute Gasteiger partial charge is 0.423 e. The van der Waals surface area contributed by atoms with Gasteiger partial charge in [0.1, 0.15) is 11.8 Å². The van der Waals surface area contributed by atoms with E-state index in [1.807, 2.05) is 16.8 Å². The van der Waals surface area contributed by atoms with Crippen molar-refractivity contribution in [2.24, 2.45) is 5.73 Å². The molecule has 40 heavy (non-hydrogen) atoms. The SMILES string of the molecule is NC(=O)C1c2ccc(OC(=O)c3ccccc3-c3ccc(C(F)(F)F)cc3)cc2CCN1C(=O)Cc1ccsc1. The number of hydrogen-bond donors (Lipinski definition) is 1. The van der Waals surface area contributed by atoms with Gasteiger partial charge in [0.15, 0.2) is 0 Å². The molecule has 1 aliphatic heterocycles. The molecule has 0 saturated carbocycles. The maximum atomic E-state index is 13.1. The van der Waals surface area contributed by atoms with Crippen LogP contribution in [0.5, 0.6) is 5.75 Å². The van der Waals surface area contributed by atoms with Crippen LogP contribution in [-0.2, 0) is 28.6 Å². The van der Waals surface area contributed by atoms with Crippen LogP contribution in [0.4, 0.5) is 13.2 Å². The topological polar surface area (TPSA) is 89.7 Å². The highest BCUT2D eigenvalue weighted by Crippen LogP contribution is 2.34. The molecule has 2 N–H and O–H groups in total. The summed E-state index contributed by atoms with van der Waals surface area (Å²) in [4.78, 5) is 40.0.